The highest BCUT2D eigenvalue weighted by molar-refractivity contribution is 9.10. The molecule has 1 aromatic heterocycles. The number of nitrogens with zero attached hydrogens (tertiary/aromatic N) is 4. The molecular weight excluding hydrogens is 504 g/mol. The zero-order valence-electron chi connectivity index (χ0n) is 19.7. The van der Waals surface area contributed by atoms with Gasteiger partial charge in [-0.15, -0.1) is 0 Å². The number of rotatable bonds is 9. The first-order valence-corrected chi connectivity index (χ1v) is 11.8. The minimum absolute atomic E-state index is 0.0793. The Morgan fingerprint density at radius 3 is 2.59 bits per heavy atom. The van der Waals surface area contributed by atoms with E-state index in [0.29, 0.717) is 35.3 Å². The van der Waals surface area contributed by atoms with Crippen molar-refractivity contribution in [3.63, 3.8) is 0 Å². The molecule has 0 amide bonds. The van der Waals surface area contributed by atoms with E-state index >= 15 is 0 Å². The van der Waals surface area contributed by atoms with Gasteiger partial charge in [0.25, 0.3) is 5.56 Å². The van der Waals surface area contributed by atoms with Crippen molar-refractivity contribution in [1.82, 2.24) is 9.66 Å². The SMILES string of the molecule is CCOc1cc(C=Nn2c(C(C)C)nc3ccc(Br)cc3c2=O)cc([N+](=O)[O-])c1O[C@H](C)CC. The van der Waals surface area contributed by atoms with Crippen LogP contribution in [-0.4, -0.2) is 33.5 Å². The molecule has 9 nitrogen and oxygen atoms in total. The van der Waals surface area contributed by atoms with Crippen molar-refractivity contribution in [2.75, 3.05) is 6.61 Å². The van der Waals surface area contributed by atoms with Crippen LogP contribution < -0.4 is 15.0 Å². The van der Waals surface area contributed by atoms with Crippen LogP contribution in [0.1, 0.15) is 58.3 Å². The van der Waals surface area contributed by atoms with Gasteiger partial charge in [-0.2, -0.15) is 9.78 Å². The van der Waals surface area contributed by atoms with Crippen molar-refractivity contribution < 1.29 is 14.4 Å². The highest BCUT2D eigenvalue weighted by atomic mass is 79.9. The van der Waals surface area contributed by atoms with Crippen LogP contribution in [0.4, 0.5) is 5.69 Å². The van der Waals surface area contributed by atoms with Crippen molar-refractivity contribution in [3.8, 4) is 11.5 Å². The number of benzene rings is 2. The fourth-order valence-electron chi connectivity index (χ4n) is 3.26. The molecule has 0 aliphatic rings. The van der Waals surface area contributed by atoms with Crippen LogP contribution >= 0.6 is 15.9 Å². The van der Waals surface area contributed by atoms with E-state index < -0.39 is 4.92 Å². The standard InChI is InChI=1S/C24H27BrN4O5/c1-6-15(5)34-22-20(29(31)32)10-16(11-21(22)33-7-2)13-26-28-23(14(3)4)27-19-9-8-17(25)12-18(19)24(28)30/h8-15H,6-7H2,1-5H3/t15-/m1/s1. The molecule has 0 aliphatic carbocycles. The van der Waals surface area contributed by atoms with Crippen LogP contribution in [0.3, 0.4) is 0 Å². The van der Waals surface area contributed by atoms with E-state index in [2.05, 4.69) is 26.0 Å². The normalized spacial score (nSPS) is 12.4. The molecule has 10 heteroatoms. The van der Waals surface area contributed by atoms with E-state index in [9.17, 15) is 14.9 Å². The number of nitro groups is 1. The van der Waals surface area contributed by atoms with E-state index in [-0.39, 0.29) is 34.8 Å². The van der Waals surface area contributed by atoms with Gasteiger partial charge in [0.15, 0.2) is 5.75 Å². The van der Waals surface area contributed by atoms with Crippen molar-refractivity contribution >= 4 is 38.7 Å². The minimum Gasteiger partial charge on any atom is -0.490 e. The lowest BCUT2D eigenvalue weighted by atomic mass is 10.1. The summed E-state index contributed by atoms with van der Waals surface area (Å²) in [5.74, 6) is 0.718. The molecule has 2 aromatic carbocycles. The lowest BCUT2D eigenvalue weighted by Crippen LogP contribution is -2.23. The molecule has 1 atom stereocenters. The Balaban J connectivity index is 2.17. The zero-order valence-corrected chi connectivity index (χ0v) is 21.3. The first kappa shape index (κ1) is 25.4. The molecule has 0 saturated carbocycles. The van der Waals surface area contributed by atoms with E-state index in [1.54, 1.807) is 25.1 Å². The second-order valence-corrected chi connectivity index (χ2v) is 8.96. The number of hydrogen-bond acceptors (Lipinski definition) is 7. The highest BCUT2D eigenvalue weighted by Gasteiger charge is 2.24. The van der Waals surface area contributed by atoms with Gasteiger partial charge in [0, 0.05) is 22.0 Å². The van der Waals surface area contributed by atoms with Crippen LogP contribution in [0.15, 0.2) is 44.7 Å². The Labute approximate surface area is 205 Å². The molecule has 0 unspecified atom stereocenters. The summed E-state index contributed by atoms with van der Waals surface area (Å²) < 4.78 is 13.4. The summed E-state index contributed by atoms with van der Waals surface area (Å²) in [5, 5.41) is 16.6. The third kappa shape index (κ3) is 5.44. The number of nitro benzene ring substituents is 1. The Hall–Kier alpha value is -3.27. The number of ether oxygens (including phenoxy) is 2. The van der Waals surface area contributed by atoms with Gasteiger partial charge in [-0.25, -0.2) is 4.98 Å². The Morgan fingerprint density at radius 2 is 1.97 bits per heavy atom. The molecule has 0 spiro atoms. The summed E-state index contributed by atoms with van der Waals surface area (Å²) in [7, 11) is 0. The number of hydrogen-bond donors (Lipinski definition) is 0. The molecule has 0 aliphatic heterocycles. The molecule has 1 heterocycles. The molecule has 180 valence electrons. The fraction of sp³-hybridized carbons (Fsp3) is 0.375. The molecule has 34 heavy (non-hydrogen) atoms. The molecule has 0 N–H and O–H groups in total. The van der Waals surface area contributed by atoms with Gasteiger partial charge in [0.05, 0.1) is 34.8 Å². The van der Waals surface area contributed by atoms with Crippen LogP contribution in [0.2, 0.25) is 0 Å². The highest BCUT2D eigenvalue weighted by Crippen LogP contribution is 2.39. The van der Waals surface area contributed by atoms with Gasteiger partial charge in [0.2, 0.25) is 5.75 Å². The predicted octanol–water partition coefficient (Wildman–Crippen LogP) is 5.65. The van der Waals surface area contributed by atoms with Crippen LogP contribution in [0.25, 0.3) is 10.9 Å². The Bertz CT molecular complexity index is 1300. The summed E-state index contributed by atoms with van der Waals surface area (Å²) in [6, 6.07) is 8.26. The molecule has 0 fully saturated rings. The molecule has 0 saturated heterocycles. The topological polar surface area (TPSA) is 109 Å². The van der Waals surface area contributed by atoms with Gasteiger partial charge in [-0.1, -0.05) is 36.7 Å². The zero-order chi connectivity index (χ0) is 25.0. The van der Waals surface area contributed by atoms with Gasteiger partial charge in [-0.3, -0.25) is 14.9 Å². The van der Waals surface area contributed by atoms with Gasteiger partial charge in [0.1, 0.15) is 5.82 Å². The summed E-state index contributed by atoms with van der Waals surface area (Å²) >= 11 is 3.38. The Kier molecular flexibility index (Phi) is 8.03. The van der Waals surface area contributed by atoms with E-state index in [1.165, 1.54) is 17.0 Å². The maximum atomic E-state index is 13.2. The molecule has 3 aromatic rings. The van der Waals surface area contributed by atoms with Crippen molar-refractivity contribution in [1.29, 1.82) is 0 Å². The van der Waals surface area contributed by atoms with E-state index in [4.69, 9.17) is 9.47 Å². The summed E-state index contributed by atoms with van der Waals surface area (Å²) in [6.45, 7) is 9.68. The van der Waals surface area contributed by atoms with Gasteiger partial charge < -0.3 is 9.47 Å². The van der Waals surface area contributed by atoms with Gasteiger partial charge >= 0.3 is 5.69 Å². The quantitative estimate of drug-likeness (QED) is 0.201. The third-order valence-electron chi connectivity index (χ3n) is 5.12. The van der Waals surface area contributed by atoms with E-state index in [1.807, 2.05) is 33.8 Å². The Morgan fingerprint density at radius 1 is 1.24 bits per heavy atom. The van der Waals surface area contributed by atoms with Crippen LogP contribution in [-0.2, 0) is 0 Å². The van der Waals surface area contributed by atoms with Crippen molar-refractivity contribution in [3.05, 3.63) is 66.7 Å². The number of fused-ring (bicyclic) bond motifs is 1. The first-order chi connectivity index (χ1) is 16.2. The monoisotopic (exact) mass is 530 g/mol. The largest absolute Gasteiger partial charge is 0.490 e. The van der Waals surface area contributed by atoms with E-state index in [0.717, 1.165) is 4.47 Å². The van der Waals surface area contributed by atoms with Crippen LogP contribution in [0.5, 0.6) is 11.5 Å². The summed E-state index contributed by atoms with van der Waals surface area (Å²) in [4.78, 5) is 29.1. The number of halogens is 1. The summed E-state index contributed by atoms with van der Waals surface area (Å²) in [5.41, 5.74) is 0.402. The first-order valence-electron chi connectivity index (χ1n) is 11.0. The molecule has 3 rings (SSSR count). The number of aromatic nitrogens is 2. The predicted molar refractivity (Wildman–Crippen MR) is 135 cm³/mol. The second-order valence-electron chi connectivity index (χ2n) is 8.04. The minimum atomic E-state index is -0.515. The van der Waals surface area contributed by atoms with Crippen molar-refractivity contribution in [2.24, 2.45) is 5.10 Å². The third-order valence-corrected chi connectivity index (χ3v) is 5.61. The van der Waals surface area contributed by atoms with Gasteiger partial charge in [-0.05, 0) is 44.5 Å². The maximum absolute atomic E-state index is 13.2. The second kappa shape index (κ2) is 10.8. The maximum Gasteiger partial charge on any atom is 0.315 e. The molecule has 0 bridgehead atoms. The average molecular weight is 531 g/mol. The van der Waals surface area contributed by atoms with Crippen LogP contribution in [0, 0.1) is 10.1 Å². The molecule has 0 radical (unpaired) electrons. The molecular formula is C24H27BrN4O5. The summed E-state index contributed by atoms with van der Waals surface area (Å²) in [6.07, 6.45) is 1.84. The smallest absolute Gasteiger partial charge is 0.315 e. The van der Waals surface area contributed by atoms with Crippen molar-refractivity contribution in [2.45, 2.75) is 53.1 Å². The average Bonchev–Trinajstić information content (AvgIpc) is 2.79. The lowest BCUT2D eigenvalue weighted by molar-refractivity contribution is -0.386. The fourth-order valence-corrected chi connectivity index (χ4v) is 3.62. The lowest BCUT2D eigenvalue weighted by Gasteiger charge is -2.17.